The number of piperazine rings is 1. The number of carboxylic acid groups (broad SMARTS) is 1. The number of likely N-dealkylation sites (N-methyl/N-ethyl adjacent to an activating group) is 1. The van der Waals surface area contributed by atoms with E-state index in [1.807, 2.05) is 11.9 Å². The van der Waals surface area contributed by atoms with Crippen LogP contribution in [0, 0.1) is 11.6 Å². The van der Waals surface area contributed by atoms with Gasteiger partial charge in [-0.2, -0.15) is 4.31 Å². The lowest BCUT2D eigenvalue weighted by atomic mass is 10.0. The van der Waals surface area contributed by atoms with E-state index < -0.39 is 27.6 Å². The lowest BCUT2D eigenvalue weighted by molar-refractivity contribution is 0.0696. The summed E-state index contributed by atoms with van der Waals surface area (Å²) in [5, 5.41) is 9.34. The second kappa shape index (κ2) is 7.34. The summed E-state index contributed by atoms with van der Waals surface area (Å²) in [4.78, 5) is 13.2. The molecule has 9 heteroatoms. The molecule has 1 aliphatic heterocycles. The van der Waals surface area contributed by atoms with Gasteiger partial charge >= 0.3 is 5.97 Å². The van der Waals surface area contributed by atoms with Gasteiger partial charge in [-0.15, -0.1) is 0 Å². The van der Waals surface area contributed by atoms with Crippen molar-refractivity contribution >= 4 is 16.0 Å². The molecule has 1 saturated heterocycles. The topological polar surface area (TPSA) is 77.9 Å². The second-order valence-corrected chi connectivity index (χ2v) is 8.35. The average molecular weight is 396 g/mol. The molecule has 0 aliphatic carbocycles. The van der Waals surface area contributed by atoms with Gasteiger partial charge in [-0.3, -0.25) is 0 Å². The molecule has 0 amide bonds. The van der Waals surface area contributed by atoms with Crippen LogP contribution in [0.5, 0.6) is 0 Å². The first kappa shape index (κ1) is 19.4. The van der Waals surface area contributed by atoms with E-state index in [2.05, 4.69) is 0 Å². The zero-order chi connectivity index (χ0) is 19.8. The van der Waals surface area contributed by atoms with Gasteiger partial charge in [-0.1, -0.05) is 0 Å². The molecule has 0 bridgehead atoms. The molecule has 2 aromatic rings. The van der Waals surface area contributed by atoms with Crippen molar-refractivity contribution in [2.24, 2.45) is 0 Å². The molecule has 1 N–H and O–H groups in total. The van der Waals surface area contributed by atoms with Gasteiger partial charge < -0.3 is 10.0 Å². The molecule has 6 nitrogen and oxygen atoms in total. The van der Waals surface area contributed by atoms with Crippen molar-refractivity contribution in [3.8, 4) is 11.1 Å². The highest BCUT2D eigenvalue weighted by Crippen LogP contribution is 2.28. The molecule has 2 aromatic carbocycles. The minimum Gasteiger partial charge on any atom is -0.478 e. The molecule has 0 spiro atoms. The Bertz CT molecular complexity index is 967. The number of benzene rings is 2. The minimum atomic E-state index is -3.94. The van der Waals surface area contributed by atoms with Gasteiger partial charge in [0.2, 0.25) is 10.0 Å². The van der Waals surface area contributed by atoms with Crippen LogP contribution in [-0.2, 0) is 10.0 Å². The van der Waals surface area contributed by atoms with Crippen LogP contribution in [0.15, 0.2) is 41.3 Å². The number of halogens is 2. The Morgan fingerprint density at radius 2 is 1.48 bits per heavy atom. The number of hydrogen-bond acceptors (Lipinski definition) is 4. The summed E-state index contributed by atoms with van der Waals surface area (Å²) in [7, 11) is -2.06. The van der Waals surface area contributed by atoms with Crippen LogP contribution in [0.25, 0.3) is 11.1 Å². The van der Waals surface area contributed by atoms with E-state index in [9.17, 15) is 27.1 Å². The zero-order valence-electron chi connectivity index (χ0n) is 14.5. The molecule has 0 unspecified atom stereocenters. The van der Waals surface area contributed by atoms with Gasteiger partial charge in [0.15, 0.2) is 0 Å². The van der Waals surface area contributed by atoms with Crippen molar-refractivity contribution in [1.29, 1.82) is 0 Å². The number of nitrogens with zero attached hydrogens (tertiary/aromatic N) is 2. The first-order chi connectivity index (χ1) is 12.7. The molecular formula is C18H18F2N2O4S. The smallest absolute Gasteiger partial charge is 0.335 e. The van der Waals surface area contributed by atoms with Crippen molar-refractivity contribution in [3.63, 3.8) is 0 Å². The highest BCUT2D eigenvalue weighted by atomic mass is 32.2. The maximum atomic E-state index is 13.5. The Kier molecular flexibility index (Phi) is 5.27. The number of carbonyl (C=O) groups is 1. The van der Waals surface area contributed by atoms with E-state index in [4.69, 9.17) is 0 Å². The van der Waals surface area contributed by atoms with Crippen LogP contribution in [0.4, 0.5) is 8.78 Å². The monoisotopic (exact) mass is 396 g/mol. The van der Waals surface area contributed by atoms with E-state index in [1.54, 1.807) is 0 Å². The SMILES string of the molecule is CN1CCN(S(=O)(=O)c2cc(C(=O)O)cc(-c3cc(F)cc(F)c3)c2)CC1. The van der Waals surface area contributed by atoms with Gasteiger partial charge in [0.25, 0.3) is 0 Å². The van der Waals surface area contributed by atoms with Gasteiger partial charge in [0.05, 0.1) is 10.5 Å². The van der Waals surface area contributed by atoms with Gasteiger partial charge in [0.1, 0.15) is 11.6 Å². The molecule has 0 saturated carbocycles. The van der Waals surface area contributed by atoms with Gasteiger partial charge in [0, 0.05) is 32.2 Å². The second-order valence-electron chi connectivity index (χ2n) is 6.42. The summed E-state index contributed by atoms with van der Waals surface area (Å²) in [6, 6.07) is 6.24. The van der Waals surface area contributed by atoms with E-state index in [1.165, 1.54) is 16.4 Å². The Labute approximate surface area is 155 Å². The molecule has 3 rings (SSSR count). The Morgan fingerprint density at radius 1 is 0.926 bits per heavy atom. The minimum absolute atomic E-state index is 0.0606. The fourth-order valence-electron chi connectivity index (χ4n) is 2.94. The van der Waals surface area contributed by atoms with Gasteiger partial charge in [-0.05, 0) is 48.5 Å². The summed E-state index contributed by atoms with van der Waals surface area (Å²) in [6.45, 7) is 1.67. The summed E-state index contributed by atoms with van der Waals surface area (Å²) >= 11 is 0. The van der Waals surface area contributed by atoms with Crippen molar-refractivity contribution in [1.82, 2.24) is 9.21 Å². The highest BCUT2D eigenvalue weighted by molar-refractivity contribution is 7.89. The third kappa shape index (κ3) is 4.15. The van der Waals surface area contributed by atoms with Crippen LogP contribution < -0.4 is 0 Å². The lowest BCUT2D eigenvalue weighted by Gasteiger charge is -2.31. The molecule has 0 radical (unpaired) electrons. The van der Waals surface area contributed by atoms with Crippen molar-refractivity contribution < 1.29 is 27.1 Å². The van der Waals surface area contributed by atoms with Crippen molar-refractivity contribution in [2.45, 2.75) is 4.90 Å². The normalized spacial score (nSPS) is 16.4. The highest BCUT2D eigenvalue weighted by Gasteiger charge is 2.28. The van der Waals surface area contributed by atoms with Crippen LogP contribution in [0.2, 0.25) is 0 Å². The Balaban J connectivity index is 2.10. The predicted octanol–water partition coefficient (Wildman–Crippen LogP) is 2.27. The lowest BCUT2D eigenvalue weighted by Crippen LogP contribution is -2.47. The largest absolute Gasteiger partial charge is 0.478 e. The summed E-state index contributed by atoms with van der Waals surface area (Å²) in [5.74, 6) is -3.01. The standard InChI is InChI=1S/C18H18F2N2O4S/c1-21-2-4-22(5-3-21)27(25,26)17-9-12(6-14(10-17)18(23)24)13-7-15(19)11-16(20)8-13/h6-11H,2-5H2,1H3,(H,23,24). The average Bonchev–Trinajstić information content (AvgIpc) is 2.61. The molecular weight excluding hydrogens is 378 g/mol. The van der Waals surface area contributed by atoms with Crippen molar-refractivity contribution in [3.05, 3.63) is 53.6 Å². The maximum absolute atomic E-state index is 13.5. The van der Waals surface area contributed by atoms with E-state index in [-0.39, 0.29) is 34.7 Å². The van der Waals surface area contributed by atoms with Crippen LogP contribution in [-0.4, -0.2) is 61.9 Å². The van der Waals surface area contributed by atoms with Gasteiger partial charge in [-0.25, -0.2) is 22.0 Å². The number of sulfonamides is 1. The molecule has 1 fully saturated rings. The van der Waals surface area contributed by atoms with E-state index in [0.29, 0.717) is 19.2 Å². The zero-order valence-corrected chi connectivity index (χ0v) is 15.3. The summed E-state index contributed by atoms with van der Waals surface area (Å²) in [6.07, 6.45) is 0. The summed E-state index contributed by atoms with van der Waals surface area (Å²) < 4.78 is 54.3. The Hall–Kier alpha value is -2.36. The first-order valence-electron chi connectivity index (χ1n) is 8.20. The number of carboxylic acids is 1. The summed E-state index contributed by atoms with van der Waals surface area (Å²) in [5.41, 5.74) is -0.101. The van der Waals surface area contributed by atoms with Crippen molar-refractivity contribution in [2.75, 3.05) is 33.2 Å². The third-order valence-corrected chi connectivity index (χ3v) is 6.33. The number of rotatable bonds is 4. The molecule has 144 valence electrons. The van der Waals surface area contributed by atoms with E-state index in [0.717, 1.165) is 18.2 Å². The Morgan fingerprint density at radius 3 is 2.04 bits per heavy atom. The fraction of sp³-hybridized carbons (Fsp3) is 0.278. The molecule has 0 atom stereocenters. The molecule has 0 aromatic heterocycles. The quantitative estimate of drug-likeness (QED) is 0.858. The number of aromatic carboxylic acids is 1. The predicted molar refractivity (Wildman–Crippen MR) is 95.0 cm³/mol. The first-order valence-corrected chi connectivity index (χ1v) is 9.64. The van der Waals surface area contributed by atoms with Crippen LogP contribution in [0.3, 0.4) is 0 Å². The molecule has 1 aliphatic rings. The number of hydrogen-bond donors (Lipinski definition) is 1. The molecule has 27 heavy (non-hydrogen) atoms. The maximum Gasteiger partial charge on any atom is 0.335 e. The van der Waals surface area contributed by atoms with Crippen LogP contribution in [0.1, 0.15) is 10.4 Å². The third-order valence-electron chi connectivity index (χ3n) is 4.45. The molecule has 1 heterocycles. The van der Waals surface area contributed by atoms with E-state index >= 15 is 0 Å². The fourth-order valence-corrected chi connectivity index (χ4v) is 4.43. The van der Waals surface area contributed by atoms with Crippen LogP contribution >= 0.6 is 0 Å².